The van der Waals surface area contributed by atoms with Crippen LogP contribution in [0, 0.1) is 12.8 Å². The van der Waals surface area contributed by atoms with Crippen LogP contribution in [-0.2, 0) is 11.8 Å². The van der Waals surface area contributed by atoms with E-state index in [-0.39, 0.29) is 24.4 Å². The summed E-state index contributed by atoms with van der Waals surface area (Å²) in [7, 11) is 3.32. The number of methoxy groups -OCH3 is 1. The van der Waals surface area contributed by atoms with Gasteiger partial charge < -0.3 is 25.0 Å². The summed E-state index contributed by atoms with van der Waals surface area (Å²) in [4.78, 5) is 12.0. The van der Waals surface area contributed by atoms with Crippen LogP contribution in [0.2, 0.25) is 0 Å². The number of benzene rings is 1. The number of nitrogens with zero attached hydrogens (tertiary/aromatic N) is 1. The Morgan fingerprint density at radius 2 is 1.93 bits per heavy atom. The molecule has 1 aliphatic rings. The summed E-state index contributed by atoms with van der Waals surface area (Å²) in [6, 6.07) is 7.40. The van der Waals surface area contributed by atoms with E-state index in [0.29, 0.717) is 23.5 Å². The third-order valence-corrected chi connectivity index (χ3v) is 5.41. The molecule has 3 rings (SSSR count). The molecule has 1 unspecified atom stereocenters. The number of nitrogens with one attached hydrogen (secondary N) is 2. The van der Waals surface area contributed by atoms with Gasteiger partial charge in [-0.2, -0.15) is 0 Å². The van der Waals surface area contributed by atoms with Crippen molar-refractivity contribution in [3.63, 3.8) is 0 Å². The normalized spacial score (nSPS) is 17.8. The number of aromatic nitrogens is 1. The molecule has 6 nitrogen and oxygen atoms in total. The molecule has 164 valence electrons. The van der Waals surface area contributed by atoms with Crippen molar-refractivity contribution in [2.75, 3.05) is 24.4 Å². The molecule has 0 radical (unpaired) electrons. The molecule has 1 aromatic carbocycles. The van der Waals surface area contributed by atoms with Crippen LogP contribution in [0.4, 0.5) is 20.2 Å². The highest BCUT2D eigenvalue weighted by molar-refractivity contribution is 5.78. The molecule has 2 aromatic rings. The minimum absolute atomic E-state index is 0.0159. The molecule has 1 fully saturated rings. The molecule has 0 bridgehead atoms. The van der Waals surface area contributed by atoms with Gasteiger partial charge in [-0.05, 0) is 43.2 Å². The van der Waals surface area contributed by atoms with Crippen LogP contribution in [0.15, 0.2) is 35.3 Å². The van der Waals surface area contributed by atoms with Gasteiger partial charge in [0.1, 0.15) is 6.23 Å². The molecule has 8 heteroatoms. The number of halogens is 2. The summed E-state index contributed by atoms with van der Waals surface area (Å²) >= 11 is 0. The van der Waals surface area contributed by atoms with Gasteiger partial charge in [-0.3, -0.25) is 4.79 Å². The molecule has 0 saturated heterocycles. The summed E-state index contributed by atoms with van der Waals surface area (Å²) in [6.07, 6.45) is 0.0677. The molecule has 3 N–H and O–H groups in total. The molecular formula is C22H29F2N3O3. The van der Waals surface area contributed by atoms with E-state index < -0.39 is 18.1 Å². The third-order valence-electron chi connectivity index (χ3n) is 5.41. The van der Waals surface area contributed by atoms with E-state index in [4.69, 9.17) is 4.74 Å². The van der Waals surface area contributed by atoms with E-state index in [1.807, 2.05) is 25.1 Å². The second-order valence-corrected chi connectivity index (χ2v) is 8.20. The maximum atomic E-state index is 13.2. The topological polar surface area (TPSA) is 75.5 Å². The first-order chi connectivity index (χ1) is 14.1. The molecule has 1 heterocycles. The predicted octanol–water partition coefficient (Wildman–Crippen LogP) is 3.58. The fourth-order valence-electron chi connectivity index (χ4n) is 3.77. The Hall–Kier alpha value is -2.45. The fraction of sp³-hybridized carbons (Fsp3) is 0.500. The Balaban J connectivity index is 1.89. The Morgan fingerprint density at radius 1 is 1.23 bits per heavy atom. The standard InChI is InChI=1S/C22H29F2N3O3/c1-13-7-16(11-27(3)21(13)29)15-5-6-18(19(8-15)25-14(2)12-30-4)26-20(28)17-9-22(23,24)10-17/h5-8,11,14,17,20,25-26,28H,9-10,12H2,1-4H3/t14-,20?/m1/s1. The van der Waals surface area contributed by atoms with Crippen molar-refractivity contribution in [1.29, 1.82) is 0 Å². The van der Waals surface area contributed by atoms with Gasteiger partial charge in [0.15, 0.2) is 0 Å². The number of ether oxygens (including phenoxy) is 1. The number of hydrogen-bond acceptors (Lipinski definition) is 5. The summed E-state index contributed by atoms with van der Waals surface area (Å²) in [5, 5.41) is 16.7. The van der Waals surface area contributed by atoms with Crippen molar-refractivity contribution in [3.05, 3.63) is 46.4 Å². The van der Waals surface area contributed by atoms with Crippen molar-refractivity contribution < 1.29 is 18.6 Å². The molecule has 0 amide bonds. The van der Waals surface area contributed by atoms with Crippen molar-refractivity contribution >= 4 is 11.4 Å². The van der Waals surface area contributed by atoms with Crippen LogP contribution in [0.1, 0.15) is 25.3 Å². The van der Waals surface area contributed by atoms with E-state index >= 15 is 0 Å². The van der Waals surface area contributed by atoms with Gasteiger partial charge in [0, 0.05) is 50.7 Å². The van der Waals surface area contributed by atoms with E-state index in [1.165, 1.54) is 4.57 Å². The molecular weight excluding hydrogens is 392 g/mol. The van der Waals surface area contributed by atoms with E-state index in [0.717, 1.165) is 11.1 Å². The van der Waals surface area contributed by atoms with Crippen LogP contribution in [0.25, 0.3) is 11.1 Å². The van der Waals surface area contributed by atoms with Crippen molar-refractivity contribution in [3.8, 4) is 11.1 Å². The lowest BCUT2D eigenvalue weighted by Gasteiger charge is -2.38. The smallest absolute Gasteiger partial charge is 0.253 e. The Kier molecular flexibility index (Phi) is 6.47. The number of rotatable bonds is 8. The Morgan fingerprint density at radius 3 is 2.53 bits per heavy atom. The zero-order valence-electron chi connectivity index (χ0n) is 17.7. The van der Waals surface area contributed by atoms with Gasteiger partial charge in [0.25, 0.3) is 5.56 Å². The maximum Gasteiger partial charge on any atom is 0.253 e. The average Bonchev–Trinajstić information content (AvgIpc) is 2.65. The van der Waals surface area contributed by atoms with Gasteiger partial charge in [-0.15, -0.1) is 0 Å². The number of alkyl halides is 2. The molecule has 2 atom stereocenters. The summed E-state index contributed by atoms with van der Waals surface area (Å²) in [5.41, 5.74) is 3.68. The van der Waals surface area contributed by atoms with Gasteiger partial charge in [0.05, 0.1) is 18.0 Å². The van der Waals surface area contributed by atoms with E-state index in [1.54, 1.807) is 33.3 Å². The summed E-state index contributed by atoms with van der Waals surface area (Å²) in [6.45, 7) is 4.20. The first-order valence-corrected chi connectivity index (χ1v) is 9.99. The average molecular weight is 421 g/mol. The summed E-state index contributed by atoms with van der Waals surface area (Å²) in [5.74, 6) is -3.18. The second-order valence-electron chi connectivity index (χ2n) is 8.20. The van der Waals surface area contributed by atoms with Crippen LogP contribution in [0.3, 0.4) is 0 Å². The van der Waals surface area contributed by atoms with E-state index in [9.17, 15) is 18.7 Å². The fourth-order valence-corrected chi connectivity index (χ4v) is 3.77. The monoisotopic (exact) mass is 421 g/mol. The number of aliphatic hydroxyl groups excluding tert-OH is 1. The van der Waals surface area contributed by atoms with Crippen LogP contribution in [0.5, 0.6) is 0 Å². The third kappa shape index (κ3) is 4.99. The van der Waals surface area contributed by atoms with Crippen molar-refractivity contribution in [1.82, 2.24) is 4.57 Å². The van der Waals surface area contributed by atoms with E-state index in [2.05, 4.69) is 10.6 Å². The van der Waals surface area contributed by atoms with Gasteiger partial charge in [0.2, 0.25) is 5.92 Å². The largest absolute Gasteiger partial charge is 0.383 e. The van der Waals surface area contributed by atoms with Gasteiger partial charge in [-0.1, -0.05) is 6.07 Å². The molecule has 0 spiro atoms. The first kappa shape index (κ1) is 22.2. The highest BCUT2D eigenvalue weighted by Crippen LogP contribution is 2.44. The van der Waals surface area contributed by atoms with Crippen molar-refractivity contribution in [2.24, 2.45) is 13.0 Å². The quantitative estimate of drug-likeness (QED) is 0.568. The molecule has 0 aliphatic heterocycles. The van der Waals surface area contributed by atoms with Crippen LogP contribution < -0.4 is 16.2 Å². The molecule has 1 aromatic heterocycles. The zero-order chi connectivity index (χ0) is 22.1. The van der Waals surface area contributed by atoms with Crippen LogP contribution in [-0.4, -0.2) is 41.6 Å². The number of anilines is 2. The predicted molar refractivity (Wildman–Crippen MR) is 114 cm³/mol. The first-order valence-electron chi connectivity index (χ1n) is 9.99. The lowest BCUT2D eigenvalue weighted by Crippen LogP contribution is -2.45. The number of pyridine rings is 1. The zero-order valence-corrected chi connectivity index (χ0v) is 17.7. The molecule has 1 aliphatic carbocycles. The van der Waals surface area contributed by atoms with Gasteiger partial charge >= 0.3 is 0 Å². The van der Waals surface area contributed by atoms with Gasteiger partial charge in [-0.25, -0.2) is 8.78 Å². The SMILES string of the molecule is COC[C@@H](C)Nc1cc(-c2cc(C)c(=O)n(C)c2)ccc1NC(O)C1CC(F)(F)C1. The highest BCUT2D eigenvalue weighted by atomic mass is 19.3. The maximum absolute atomic E-state index is 13.2. The Labute approximate surface area is 174 Å². The second kappa shape index (κ2) is 8.73. The highest BCUT2D eigenvalue weighted by Gasteiger charge is 2.48. The Bertz CT molecular complexity index is 927. The molecule has 1 saturated carbocycles. The van der Waals surface area contributed by atoms with Crippen molar-refractivity contribution in [2.45, 2.75) is 44.9 Å². The lowest BCUT2D eigenvalue weighted by atomic mass is 9.80. The minimum Gasteiger partial charge on any atom is -0.383 e. The summed E-state index contributed by atoms with van der Waals surface area (Å²) < 4.78 is 33.1. The number of aryl methyl sites for hydroxylation is 2. The number of aliphatic hydroxyl groups is 1. The number of hydrogen-bond donors (Lipinski definition) is 3. The minimum atomic E-state index is -2.69. The molecule has 30 heavy (non-hydrogen) atoms. The van der Waals surface area contributed by atoms with Crippen LogP contribution >= 0.6 is 0 Å². The lowest BCUT2D eigenvalue weighted by molar-refractivity contribution is -0.136.